The third kappa shape index (κ3) is 5.45. The molecule has 0 aromatic heterocycles. The van der Waals surface area contributed by atoms with E-state index in [9.17, 15) is 18.0 Å². The number of hydrogen-bond donors (Lipinski definition) is 1. The Balaban J connectivity index is 2.71. The first-order valence-corrected chi connectivity index (χ1v) is 6.51. The standard InChI is InChI=1S/C16H18F3NO/c1-3-4-11(2)13-7-5-12(6-8-13)9-14(10-17)20-16(21)15(18)19/h3-8,14-15H,1,9-10H2,2H3,(H,20,21)/b11-4+. The van der Waals surface area contributed by atoms with E-state index in [2.05, 4.69) is 6.58 Å². The van der Waals surface area contributed by atoms with Crippen LogP contribution >= 0.6 is 0 Å². The normalized spacial score (nSPS) is 13.1. The third-order valence-electron chi connectivity index (χ3n) is 2.99. The number of rotatable bonds is 7. The van der Waals surface area contributed by atoms with Gasteiger partial charge in [0.2, 0.25) is 0 Å². The Labute approximate surface area is 122 Å². The Morgan fingerprint density at radius 2 is 1.95 bits per heavy atom. The summed E-state index contributed by atoms with van der Waals surface area (Å²) in [5.74, 6) is -1.45. The molecule has 0 spiro atoms. The van der Waals surface area contributed by atoms with E-state index in [1.165, 1.54) is 0 Å². The SMILES string of the molecule is C=C/C=C(\C)c1ccc(CC(CF)NC(=O)C(F)F)cc1. The molecule has 21 heavy (non-hydrogen) atoms. The summed E-state index contributed by atoms with van der Waals surface area (Å²) in [5, 5.41) is 1.98. The van der Waals surface area contributed by atoms with Gasteiger partial charge >= 0.3 is 6.43 Å². The molecule has 1 aromatic carbocycles. The summed E-state index contributed by atoms with van der Waals surface area (Å²) >= 11 is 0. The van der Waals surface area contributed by atoms with Gasteiger partial charge in [-0.15, -0.1) is 0 Å². The van der Waals surface area contributed by atoms with E-state index < -0.39 is 25.0 Å². The van der Waals surface area contributed by atoms with Crippen LogP contribution in [0.5, 0.6) is 0 Å². The number of nitrogens with one attached hydrogen (secondary N) is 1. The molecule has 0 radical (unpaired) electrons. The summed E-state index contributed by atoms with van der Waals surface area (Å²) in [4.78, 5) is 10.9. The van der Waals surface area contributed by atoms with Crippen LogP contribution in [-0.4, -0.2) is 25.0 Å². The molecule has 5 heteroatoms. The molecule has 1 N–H and O–H groups in total. The zero-order chi connectivity index (χ0) is 15.8. The lowest BCUT2D eigenvalue weighted by Crippen LogP contribution is -2.41. The predicted molar refractivity (Wildman–Crippen MR) is 77.9 cm³/mol. The number of allylic oxidation sites excluding steroid dienone is 3. The molecular weight excluding hydrogens is 279 g/mol. The fourth-order valence-electron chi connectivity index (χ4n) is 1.87. The summed E-state index contributed by atoms with van der Waals surface area (Å²) in [6, 6.07) is 6.34. The van der Waals surface area contributed by atoms with Gasteiger partial charge in [-0.2, -0.15) is 8.78 Å². The van der Waals surface area contributed by atoms with Crippen molar-refractivity contribution in [2.45, 2.75) is 25.8 Å². The minimum Gasteiger partial charge on any atom is -0.345 e. The molecule has 1 aromatic rings. The van der Waals surface area contributed by atoms with Crippen molar-refractivity contribution < 1.29 is 18.0 Å². The molecule has 2 nitrogen and oxygen atoms in total. The molecular formula is C16H18F3NO. The highest BCUT2D eigenvalue weighted by Gasteiger charge is 2.19. The molecule has 114 valence electrons. The van der Waals surface area contributed by atoms with Gasteiger partial charge in [0.25, 0.3) is 5.91 Å². The molecule has 0 heterocycles. The highest BCUT2D eigenvalue weighted by atomic mass is 19.3. The van der Waals surface area contributed by atoms with E-state index in [0.29, 0.717) is 0 Å². The smallest absolute Gasteiger partial charge is 0.315 e. The molecule has 1 amide bonds. The summed E-state index contributed by atoms with van der Waals surface area (Å²) in [6.07, 6.45) is 0.581. The number of carbonyl (C=O) groups is 1. The second-order valence-corrected chi connectivity index (χ2v) is 4.65. The lowest BCUT2D eigenvalue weighted by Gasteiger charge is -2.15. The summed E-state index contributed by atoms with van der Waals surface area (Å²) in [6.45, 7) is 4.66. The molecule has 0 aliphatic rings. The maximum atomic E-state index is 12.8. The number of halogens is 3. The second kappa shape index (κ2) is 8.29. The van der Waals surface area contributed by atoms with Crippen molar-refractivity contribution in [2.75, 3.05) is 6.67 Å². The van der Waals surface area contributed by atoms with Crippen LogP contribution in [0.15, 0.2) is 43.0 Å². The molecule has 0 saturated carbocycles. The number of alkyl halides is 3. The quantitative estimate of drug-likeness (QED) is 0.766. The van der Waals surface area contributed by atoms with E-state index in [0.717, 1.165) is 16.7 Å². The maximum absolute atomic E-state index is 12.8. The Bertz CT molecular complexity index is 509. The van der Waals surface area contributed by atoms with Gasteiger partial charge in [0.1, 0.15) is 6.67 Å². The average molecular weight is 297 g/mol. The summed E-state index contributed by atoms with van der Waals surface area (Å²) < 4.78 is 37.1. The molecule has 0 fully saturated rings. The van der Waals surface area contributed by atoms with Crippen molar-refractivity contribution >= 4 is 11.5 Å². The van der Waals surface area contributed by atoms with Crippen molar-refractivity contribution in [3.8, 4) is 0 Å². The Morgan fingerprint density at radius 3 is 2.43 bits per heavy atom. The van der Waals surface area contributed by atoms with Gasteiger partial charge in [-0.3, -0.25) is 4.79 Å². The first kappa shape index (κ1) is 17.0. The topological polar surface area (TPSA) is 29.1 Å². The van der Waals surface area contributed by atoms with Crippen molar-refractivity contribution in [3.05, 3.63) is 54.1 Å². The fourth-order valence-corrected chi connectivity index (χ4v) is 1.87. The van der Waals surface area contributed by atoms with E-state index in [1.807, 2.05) is 30.4 Å². The maximum Gasteiger partial charge on any atom is 0.315 e. The first-order chi connectivity index (χ1) is 9.97. The van der Waals surface area contributed by atoms with Gasteiger partial charge < -0.3 is 5.32 Å². The molecule has 0 aliphatic carbocycles. The van der Waals surface area contributed by atoms with Gasteiger partial charge in [-0.1, -0.05) is 43.0 Å². The molecule has 0 aliphatic heterocycles. The van der Waals surface area contributed by atoms with Gasteiger partial charge in [0.15, 0.2) is 0 Å². The van der Waals surface area contributed by atoms with Crippen LogP contribution < -0.4 is 5.32 Å². The zero-order valence-electron chi connectivity index (χ0n) is 11.8. The predicted octanol–water partition coefficient (Wildman–Crippen LogP) is 3.54. The Hall–Kier alpha value is -2.04. The Morgan fingerprint density at radius 1 is 1.33 bits per heavy atom. The first-order valence-electron chi connectivity index (χ1n) is 6.51. The van der Waals surface area contributed by atoms with Crippen LogP contribution in [0.1, 0.15) is 18.1 Å². The third-order valence-corrected chi connectivity index (χ3v) is 2.99. The number of benzene rings is 1. The van der Waals surface area contributed by atoms with Gasteiger partial charge in [-0.05, 0) is 30.0 Å². The summed E-state index contributed by atoms with van der Waals surface area (Å²) in [7, 11) is 0. The van der Waals surface area contributed by atoms with Gasteiger partial charge in [0.05, 0.1) is 6.04 Å². The minimum absolute atomic E-state index is 0.166. The fraction of sp³-hybridized carbons (Fsp3) is 0.312. The van der Waals surface area contributed by atoms with Crippen LogP contribution in [0, 0.1) is 0 Å². The van der Waals surface area contributed by atoms with E-state index in [4.69, 9.17) is 0 Å². The lowest BCUT2D eigenvalue weighted by atomic mass is 10.0. The molecule has 0 bridgehead atoms. The zero-order valence-corrected chi connectivity index (χ0v) is 11.8. The number of hydrogen-bond acceptors (Lipinski definition) is 1. The molecule has 1 unspecified atom stereocenters. The van der Waals surface area contributed by atoms with Crippen LogP contribution in [0.4, 0.5) is 13.2 Å². The van der Waals surface area contributed by atoms with Crippen LogP contribution in [0.3, 0.4) is 0 Å². The Kier molecular flexibility index (Phi) is 6.72. The highest BCUT2D eigenvalue weighted by molar-refractivity contribution is 5.79. The van der Waals surface area contributed by atoms with E-state index in [-0.39, 0.29) is 6.42 Å². The monoisotopic (exact) mass is 297 g/mol. The van der Waals surface area contributed by atoms with Crippen molar-refractivity contribution in [1.29, 1.82) is 0 Å². The van der Waals surface area contributed by atoms with E-state index >= 15 is 0 Å². The lowest BCUT2D eigenvalue weighted by molar-refractivity contribution is -0.132. The number of amides is 1. The van der Waals surface area contributed by atoms with Crippen LogP contribution in [-0.2, 0) is 11.2 Å². The average Bonchev–Trinajstić information content (AvgIpc) is 2.47. The summed E-state index contributed by atoms with van der Waals surface area (Å²) in [5.41, 5.74) is 2.79. The van der Waals surface area contributed by atoms with Crippen molar-refractivity contribution in [3.63, 3.8) is 0 Å². The largest absolute Gasteiger partial charge is 0.345 e. The highest BCUT2D eigenvalue weighted by Crippen LogP contribution is 2.15. The minimum atomic E-state index is -3.13. The molecule has 1 atom stereocenters. The van der Waals surface area contributed by atoms with Crippen molar-refractivity contribution in [1.82, 2.24) is 5.32 Å². The number of carbonyl (C=O) groups excluding carboxylic acids is 1. The molecule has 0 saturated heterocycles. The molecule has 1 rings (SSSR count). The van der Waals surface area contributed by atoms with E-state index in [1.54, 1.807) is 18.2 Å². The van der Waals surface area contributed by atoms with Crippen LogP contribution in [0.2, 0.25) is 0 Å². The second-order valence-electron chi connectivity index (χ2n) is 4.65. The van der Waals surface area contributed by atoms with Crippen LogP contribution in [0.25, 0.3) is 5.57 Å². The van der Waals surface area contributed by atoms with Crippen molar-refractivity contribution in [2.24, 2.45) is 0 Å². The van der Waals surface area contributed by atoms with Gasteiger partial charge in [-0.25, -0.2) is 4.39 Å². The van der Waals surface area contributed by atoms with Gasteiger partial charge in [0, 0.05) is 0 Å².